The number of aliphatic imine (C=N–C) groups is 1. The molecule has 8 heteroatoms. The molecule has 3 rings (SSSR count). The molecule has 212 valence electrons. The van der Waals surface area contributed by atoms with Crippen molar-refractivity contribution in [2.45, 2.75) is 55.0 Å². The zero-order chi connectivity index (χ0) is 28.7. The van der Waals surface area contributed by atoms with Crippen molar-refractivity contribution in [1.82, 2.24) is 20.4 Å². The van der Waals surface area contributed by atoms with Crippen molar-refractivity contribution in [2.75, 3.05) is 39.3 Å². The maximum absolute atomic E-state index is 14.9. The van der Waals surface area contributed by atoms with Crippen molar-refractivity contribution in [1.29, 1.82) is 0 Å². The van der Waals surface area contributed by atoms with Crippen LogP contribution in [0.2, 0.25) is 5.02 Å². The fourth-order valence-corrected chi connectivity index (χ4v) is 5.34. The maximum atomic E-state index is 14.9. The Balaban J connectivity index is 2.17. The molecular weight excluding hydrogens is 516 g/mol. The van der Waals surface area contributed by atoms with Crippen molar-refractivity contribution in [2.24, 2.45) is 4.99 Å². The predicted octanol–water partition coefficient (Wildman–Crippen LogP) is 6.71. The smallest absolute Gasteiger partial charge is 0.142 e. The van der Waals surface area contributed by atoms with Crippen molar-refractivity contribution < 1.29 is 8.78 Å². The van der Waals surface area contributed by atoms with Crippen LogP contribution in [-0.4, -0.2) is 55.3 Å². The SMILES string of the molecule is CC=N/C(=C\C(=C(C)C)C(=C/C)/C(C)=C1\C(=C(C)C)NCCN1Cc1c(F)ccc(F)c1Cl)N1CCNCC1. The van der Waals surface area contributed by atoms with Crippen LogP contribution >= 0.6 is 11.6 Å². The van der Waals surface area contributed by atoms with Crippen molar-refractivity contribution in [3.8, 4) is 0 Å². The number of nitrogens with one attached hydrogen (secondary N) is 2. The topological polar surface area (TPSA) is 42.9 Å². The number of allylic oxidation sites excluding steroid dienone is 7. The molecule has 39 heavy (non-hydrogen) atoms. The van der Waals surface area contributed by atoms with Crippen LogP contribution in [0.4, 0.5) is 8.78 Å². The first kappa shape index (κ1) is 30.6. The molecule has 2 N–H and O–H groups in total. The van der Waals surface area contributed by atoms with Gasteiger partial charge in [0.15, 0.2) is 0 Å². The largest absolute Gasteiger partial charge is 0.382 e. The molecule has 5 nitrogen and oxygen atoms in total. The van der Waals surface area contributed by atoms with E-state index >= 15 is 0 Å². The second-order valence-corrected chi connectivity index (χ2v) is 10.6. The molecule has 0 aromatic heterocycles. The van der Waals surface area contributed by atoms with Gasteiger partial charge in [-0.25, -0.2) is 13.8 Å². The number of hydrogen-bond acceptors (Lipinski definition) is 5. The van der Waals surface area contributed by atoms with E-state index in [1.165, 1.54) is 0 Å². The molecule has 2 saturated heterocycles. The molecule has 0 bridgehead atoms. The second kappa shape index (κ2) is 13.9. The van der Waals surface area contributed by atoms with Crippen LogP contribution in [0.5, 0.6) is 0 Å². The highest BCUT2D eigenvalue weighted by atomic mass is 35.5. The number of rotatable bonds is 7. The minimum Gasteiger partial charge on any atom is -0.382 e. The number of halogens is 3. The van der Waals surface area contributed by atoms with Gasteiger partial charge in [-0.1, -0.05) is 28.8 Å². The van der Waals surface area contributed by atoms with Crippen LogP contribution in [0.3, 0.4) is 0 Å². The summed E-state index contributed by atoms with van der Waals surface area (Å²) >= 11 is 6.25. The minimum atomic E-state index is -0.615. The molecule has 2 fully saturated rings. The standard InChI is InChI=1S/C31H42ClF2N5/c1-8-23(24(20(3)4)18-28(36-9-2)38-15-12-35-13-16-38)22(7)31-30(21(5)6)37-14-17-39(31)19-25-26(33)10-11-27(34)29(25)32/h8-11,18,35,37H,12-17,19H2,1-7H3/b23-8+,28-18+,31-22+,36-9?. The predicted molar refractivity (Wildman–Crippen MR) is 160 cm³/mol. The monoisotopic (exact) mass is 557 g/mol. The van der Waals surface area contributed by atoms with Crippen LogP contribution in [0.25, 0.3) is 0 Å². The molecule has 0 radical (unpaired) electrons. The third-order valence-electron chi connectivity index (χ3n) is 7.08. The summed E-state index contributed by atoms with van der Waals surface area (Å²) in [5.41, 5.74) is 7.61. The third kappa shape index (κ3) is 7.20. The summed E-state index contributed by atoms with van der Waals surface area (Å²) in [5, 5.41) is 6.79. The summed E-state index contributed by atoms with van der Waals surface area (Å²) in [6, 6.07) is 2.22. The van der Waals surface area contributed by atoms with Crippen LogP contribution in [0.1, 0.15) is 54.0 Å². The Hall–Kier alpha value is -2.90. The van der Waals surface area contributed by atoms with E-state index in [1.54, 1.807) is 0 Å². The molecule has 0 spiro atoms. The Bertz CT molecular complexity index is 1240. The summed E-state index contributed by atoms with van der Waals surface area (Å²) in [6.45, 7) is 19.5. The molecule has 1 aromatic rings. The molecule has 0 amide bonds. The Kier molecular flexibility index (Phi) is 11.0. The first-order valence-corrected chi connectivity index (χ1v) is 14.0. The van der Waals surface area contributed by atoms with Crippen LogP contribution < -0.4 is 10.6 Å². The molecule has 0 atom stereocenters. The van der Waals surface area contributed by atoms with Crippen molar-refractivity contribution in [3.05, 3.63) is 91.6 Å². The van der Waals surface area contributed by atoms with Gasteiger partial charge >= 0.3 is 0 Å². The van der Waals surface area contributed by atoms with E-state index < -0.39 is 11.6 Å². The molecule has 2 aliphatic heterocycles. The number of nitrogens with zero attached hydrogens (tertiary/aromatic N) is 3. The van der Waals surface area contributed by atoms with Gasteiger partial charge in [0.25, 0.3) is 0 Å². The normalized spacial score (nSPS) is 18.5. The average Bonchev–Trinajstić information content (AvgIpc) is 2.92. The Morgan fingerprint density at radius 2 is 1.67 bits per heavy atom. The van der Waals surface area contributed by atoms with Crippen LogP contribution in [0.15, 0.2) is 74.4 Å². The van der Waals surface area contributed by atoms with E-state index in [2.05, 4.69) is 67.2 Å². The van der Waals surface area contributed by atoms with Gasteiger partial charge in [0.1, 0.15) is 17.5 Å². The van der Waals surface area contributed by atoms with Gasteiger partial charge in [0.05, 0.1) is 16.4 Å². The van der Waals surface area contributed by atoms with Gasteiger partial charge in [-0.05, 0) is 83.4 Å². The third-order valence-corrected chi connectivity index (χ3v) is 7.49. The van der Waals surface area contributed by atoms with E-state index in [4.69, 9.17) is 16.6 Å². The lowest BCUT2D eigenvalue weighted by atomic mass is 9.91. The molecule has 0 saturated carbocycles. The van der Waals surface area contributed by atoms with E-state index in [0.717, 1.165) is 83.4 Å². The fraction of sp³-hybridized carbons (Fsp3) is 0.452. The Morgan fingerprint density at radius 1 is 1.00 bits per heavy atom. The average molecular weight is 558 g/mol. The zero-order valence-electron chi connectivity index (χ0n) is 24.3. The second-order valence-electron chi connectivity index (χ2n) is 10.3. The van der Waals surface area contributed by atoms with E-state index in [1.807, 2.05) is 20.1 Å². The number of hydrogen-bond donors (Lipinski definition) is 2. The highest BCUT2D eigenvalue weighted by Crippen LogP contribution is 2.35. The van der Waals surface area contributed by atoms with Gasteiger partial charge in [-0.2, -0.15) is 0 Å². The summed E-state index contributed by atoms with van der Waals surface area (Å²) in [4.78, 5) is 9.14. The minimum absolute atomic E-state index is 0.163. The highest BCUT2D eigenvalue weighted by Gasteiger charge is 2.27. The van der Waals surface area contributed by atoms with Gasteiger partial charge in [-0.15, -0.1) is 0 Å². The molecule has 0 aliphatic carbocycles. The first-order valence-electron chi connectivity index (χ1n) is 13.6. The summed E-state index contributed by atoms with van der Waals surface area (Å²) in [7, 11) is 0. The lowest BCUT2D eigenvalue weighted by Gasteiger charge is -2.37. The summed E-state index contributed by atoms with van der Waals surface area (Å²) in [6.07, 6.45) is 6.13. The Morgan fingerprint density at radius 3 is 2.26 bits per heavy atom. The van der Waals surface area contributed by atoms with Crippen LogP contribution in [0, 0.1) is 11.6 Å². The first-order chi connectivity index (χ1) is 18.6. The van der Waals surface area contributed by atoms with Gasteiger partial charge < -0.3 is 20.4 Å². The molecule has 0 unspecified atom stereocenters. The van der Waals surface area contributed by atoms with Crippen LogP contribution in [-0.2, 0) is 6.54 Å². The van der Waals surface area contributed by atoms with Gasteiger partial charge in [0, 0.05) is 57.6 Å². The van der Waals surface area contributed by atoms with E-state index in [9.17, 15) is 8.78 Å². The van der Waals surface area contributed by atoms with Crippen molar-refractivity contribution in [3.63, 3.8) is 0 Å². The lowest BCUT2D eigenvalue weighted by Crippen LogP contribution is -2.42. The number of benzene rings is 1. The Labute approximate surface area is 237 Å². The van der Waals surface area contributed by atoms with E-state index in [0.29, 0.717) is 13.1 Å². The zero-order valence-corrected chi connectivity index (χ0v) is 25.1. The lowest BCUT2D eigenvalue weighted by molar-refractivity contribution is 0.297. The summed E-state index contributed by atoms with van der Waals surface area (Å²) < 4.78 is 29.1. The quantitative estimate of drug-likeness (QED) is 0.222. The van der Waals surface area contributed by atoms with Gasteiger partial charge in [0.2, 0.25) is 0 Å². The molecule has 2 aliphatic rings. The fourth-order valence-electron chi connectivity index (χ4n) is 5.13. The summed E-state index contributed by atoms with van der Waals surface area (Å²) in [5.74, 6) is -0.189. The maximum Gasteiger partial charge on any atom is 0.142 e. The molecular formula is C31H42ClF2N5. The highest BCUT2D eigenvalue weighted by molar-refractivity contribution is 6.31. The van der Waals surface area contributed by atoms with E-state index in [-0.39, 0.29) is 17.1 Å². The molecule has 1 aromatic carbocycles. The number of piperazine rings is 2. The molecule has 2 heterocycles. The van der Waals surface area contributed by atoms with Crippen molar-refractivity contribution >= 4 is 17.8 Å². The van der Waals surface area contributed by atoms with Gasteiger partial charge in [-0.3, -0.25) is 0 Å².